The maximum absolute atomic E-state index is 11.1. The Labute approximate surface area is 121 Å². The molecular weight excluding hydrogens is 280 g/mol. The minimum Gasteiger partial charge on any atom is -0.493 e. The van der Waals surface area contributed by atoms with E-state index in [0.29, 0.717) is 22.8 Å². The van der Waals surface area contributed by atoms with Crippen LogP contribution in [-0.2, 0) is 9.59 Å². The van der Waals surface area contributed by atoms with E-state index in [1.807, 2.05) is 0 Å². The molecule has 114 valence electrons. The van der Waals surface area contributed by atoms with Crippen LogP contribution in [0.1, 0.15) is 12.0 Å². The Hall–Kier alpha value is -2.70. The van der Waals surface area contributed by atoms with Gasteiger partial charge in [0, 0.05) is 5.57 Å². The molecule has 1 aromatic rings. The van der Waals surface area contributed by atoms with Gasteiger partial charge in [0.15, 0.2) is 11.5 Å². The third kappa shape index (κ3) is 4.13. The first kappa shape index (κ1) is 16.4. The maximum atomic E-state index is 11.1. The van der Waals surface area contributed by atoms with E-state index in [1.54, 1.807) is 0 Å². The lowest BCUT2D eigenvalue weighted by Gasteiger charge is -2.13. The smallest absolute Gasteiger partial charge is 0.332 e. The molecule has 1 rings (SSSR count). The van der Waals surface area contributed by atoms with Crippen molar-refractivity contribution in [1.82, 2.24) is 0 Å². The van der Waals surface area contributed by atoms with Gasteiger partial charge in [-0.15, -0.1) is 0 Å². The Bertz CT molecular complexity index is 550. The topological polar surface area (TPSA) is 102 Å². The molecule has 0 aromatic heterocycles. The SMILES string of the molecule is COc1cc(/C=C(\CC(=O)O)C(=O)O)cc(OC)c1OC. The van der Waals surface area contributed by atoms with Gasteiger partial charge in [-0.2, -0.15) is 0 Å². The van der Waals surface area contributed by atoms with Gasteiger partial charge in [0.1, 0.15) is 0 Å². The molecule has 0 saturated heterocycles. The van der Waals surface area contributed by atoms with Crippen LogP contribution in [0.3, 0.4) is 0 Å². The summed E-state index contributed by atoms with van der Waals surface area (Å²) in [5.41, 5.74) is 0.180. The summed E-state index contributed by atoms with van der Waals surface area (Å²) in [6.45, 7) is 0. The van der Waals surface area contributed by atoms with Gasteiger partial charge in [0.25, 0.3) is 0 Å². The third-order valence-corrected chi connectivity index (χ3v) is 2.64. The van der Waals surface area contributed by atoms with Gasteiger partial charge < -0.3 is 24.4 Å². The van der Waals surface area contributed by atoms with E-state index >= 15 is 0 Å². The highest BCUT2D eigenvalue weighted by atomic mass is 16.5. The summed E-state index contributed by atoms with van der Waals surface area (Å²) in [4.78, 5) is 21.7. The van der Waals surface area contributed by atoms with E-state index in [0.717, 1.165) is 0 Å². The summed E-state index contributed by atoms with van der Waals surface area (Å²) in [6, 6.07) is 3.07. The van der Waals surface area contributed by atoms with E-state index in [1.165, 1.54) is 39.5 Å². The van der Waals surface area contributed by atoms with Crippen molar-refractivity contribution in [3.8, 4) is 17.2 Å². The van der Waals surface area contributed by atoms with Crippen molar-refractivity contribution in [2.24, 2.45) is 0 Å². The molecule has 0 bridgehead atoms. The van der Waals surface area contributed by atoms with Gasteiger partial charge in [-0.05, 0) is 23.8 Å². The van der Waals surface area contributed by atoms with Gasteiger partial charge in [-0.3, -0.25) is 4.79 Å². The second-order valence-corrected chi connectivity index (χ2v) is 4.00. The van der Waals surface area contributed by atoms with Crippen LogP contribution in [0.15, 0.2) is 17.7 Å². The summed E-state index contributed by atoms with van der Waals surface area (Å²) < 4.78 is 15.4. The molecule has 1 aromatic carbocycles. The van der Waals surface area contributed by atoms with Crippen molar-refractivity contribution in [3.05, 3.63) is 23.3 Å². The lowest BCUT2D eigenvalue weighted by Crippen LogP contribution is -2.06. The van der Waals surface area contributed by atoms with E-state index < -0.39 is 18.4 Å². The average Bonchev–Trinajstić information content (AvgIpc) is 2.44. The zero-order valence-corrected chi connectivity index (χ0v) is 11.9. The Balaban J connectivity index is 3.35. The molecule has 7 heteroatoms. The van der Waals surface area contributed by atoms with Crippen molar-refractivity contribution in [2.75, 3.05) is 21.3 Å². The summed E-state index contributed by atoms with van der Waals surface area (Å²) in [7, 11) is 4.31. The molecule has 2 N–H and O–H groups in total. The zero-order valence-electron chi connectivity index (χ0n) is 11.9. The lowest BCUT2D eigenvalue weighted by atomic mass is 10.1. The first-order valence-electron chi connectivity index (χ1n) is 5.88. The molecule has 0 unspecified atom stereocenters. The van der Waals surface area contributed by atoms with Crippen molar-refractivity contribution in [1.29, 1.82) is 0 Å². The number of carbonyl (C=O) groups is 2. The molecule has 7 nitrogen and oxygen atoms in total. The zero-order chi connectivity index (χ0) is 16.0. The molecule has 0 atom stereocenters. The largest absolute Gasteiger partial charge is 0.493 e. The van der Waals surface area contributed by atoms with Crippen molar-refractivity contribution in [2.45, 2.75) is 6.42 Å². The third-order valence-electron chi connectivity index (χ3n) is 2.64. The van der Waals surface area contributed by atoms with Crippen LogP contribution in [0.2, 0.25) is 0 Å². The van der Waals surface area contributed by atoms with Crippen LogP contribution in [0.25, 0.3) is 6.08 Å². The number of hydrogen-bond acceptors (Lipinski definition) is 5. The fourth-order valence-corrected chi connectivity index (χ4v) is 1.74. The fraction of sp³-hybridized carbons (Fsp3) is 0.286. The molecule has 0 saturated carbocycles. The van der Waals surface area contributed by atoms with Crippen molar-refractivity contribution >= 4 is 18.0 Å². The summed E-state index contributed by atoms with van der Waals surface area (Å²) in [5, 5.41) is 17.7. The quantitative estimate of drug-likeness (QED) is 0.737. The minimum atomic E-state index is -1.30. The predicted octanol–water partition coefficient (Wildman–Crippen LogP) is 1.66. The van der Waals surface area contributed by atoms with E-state index in [-0.39, 0.29) is 5.57 Å². The number of methoxy groups -OCH3 is 3. The summed E-state index contributed by atoms with van der Waals surface area (Å²) in [6.07, 6.45) is 0.660. The second-order valence-electron chi connectivity index (χ2n) is 4.00. The molecule has 0 aliphatic rings. The first-order valence-corrected chi connectivity index (χ1v) is 5.88. The number of carboxylic acid groups (broad SMARTS) is 2. The number of carboxylic acids is 2. The number of ether oxygens (including phenoxy) is 3. The maximum Gasteiger partial charge on any atom is 0.332 e. The molecule has 0 amide bonds. The van der Waals surface area contributed by atoms with Crippen LogP contribution in [0, 0.1) is 0 Å². The highest BCUT2D eigenvalue weighted by molar-refractivity contribution is 5.96. The van der Waals surface area contributed by atoms with E-state index in [9.17, 15) is 9.59 Å². The van der Waals surface area contributed by atoms with E-state index in [4.69, 9.17) is 24.4 Å². The fourth-order valence-electron chi connectivity index (χ4n) is 1.74. The Kier molecular flexibility index (Phi) is 5.59. The highest BCUT2D eigenvalue weighted by Gasteiger charge is 2.15. The lowest BCUT2D eigenvalue weighted by molar-refractivity contribution is -0.139. The molecule has 0 spiro atoms. The standard InChI is InChI=1S/C14H16O7/c1-19-10-5-8(6-11(20-2)13(10)21-3)4-9(14(17)18)7-12(15)16/h4-6H,7H2,1-3H3,(H,15,16)(H,17,18)/b9-4+. The molecule has 0 fully saturated rings. The number of aliphatic carboxylic acids is 2. The molecule has 21 heavy (non-hydrogen) atoms. The average molecular weight is 296 g/mol. The predicted molar refractivity (Wildman–Crippen MR) is 74.0 cm³/mol. The second kappa shape index (κ2) is 7.18. The number of hydrogen-bond donors (Lipinski definition) is 2. The van der Waals surface area contributed by atoms with Crippen LogP contribution in [-0.4, -0.2) is 43.5 Å². The Morgan fingerprint density at radius 2 is 1.57 bits per heavy atom. The van der Waals surface area contributed by atoms with Crippen LogP contribution >= 0.6 is 0 Å². The summed E-state index contributed by atoms with van der Waals surface area (Å²) in [5.74, 6) is -1.46. The molecule has 0 heterocycles. The molecule has 0 aliphatic carbocycles. The minimum absolute atomic E-state index is 0.253. The number of benzene rings is 1. The van der Waals surface area contributed by atoms with E-state index in [2.05, 4.69) is 0 Å². The van der Waals surface area contributed by atoms with Crippen LogP contribution in [0.5, 0.6) is 17.2 Å². The van der Waals surface area contributed by atoms with Gasteiger partial charge in [-0.1, -0.05) is 0 Å². The van der Waals surface area contributed by atoms with Gasteiger partial charge in [-0.25, -0.2) is 4.79 Å². The van der Waals surface area contributed by atoms with Crippen LogP contribution in [0.4, 0.5) is 0 Å². The van der Waals surface area contributed by atoms with Gasteiger partial charge >= 0.3 is 11.9 Å². The monoisotopic (exact) mass is 296 g/mol. The molecular formula is C14H16O7. The van der Waals surface area contributed by atoms with Crippen molar-refractivity contribution < 1.29 is 34.0 Å². The first-order chi connectivity index (χ1) is 9.92. The molecule has 0 aliphatic heterocycles. The van der Waals surface area contributed by atoms with Crippen LogP contribution < -0.4 is 14.2 Å². The van der Waals surface area contributed by atoms with Gasteiger partial charge in [0.2, 0.25) is 5.75 Å². The normalized spacial score (nSPS) is 10.9. The number of rotatable bonds is 7. The molecule has 0 radical (unpaired) electrons. The Morgan fingerprint density at radius 3 is 1.90 bits per heavy atom. The van der Waals surface area contributed by atoms with Gasteiger partial charge in [0.05, 0.1) is 27.8 Å². The highest BCUT2D eigenvalue weighted by Crippen LogP contribution is 2.38. The summed E-state index contributed by atoms with van der Waals surface area (Å²) >= 11 is 0. The van der Waals surface area contributed by atoms with Crippen molar-refractivity contribution in [3.63, 3.8) is 0 Å². The Morgan fingerprint density at radius 1 is 1.05 bits per heavy atom.